The van der Waals surface area contributed by atoms with Crippen molar-refractivity contribution in [2.45, 2.75) is 31.3 Å². The minimum Gasteiger partial charge on any atom is -0.489 e. The third kappa shape index (κ3) is 5.68. The number of nitrogens with zero attached hydrogens (tertiary/aromatic N) is 1. The Hall–Kier alpha value is -3.72. The van der Waals surface area contributed by atoms with Gasteiger partial charge in [0.1, 0.15) is 24.2 Å². The molecule has 184 valence electrons. The fourth-order valence-electron chi connectivity index (χ4n) is 4.10. The molecule has 0 amide bonds. The van der Waals surface area contributed by atoms with Crippen LogP contribution in [0.3, 0.4) is 0 Å². The number of hydrogen-bond acceptors (Lipinski definition) is 6. The molecule has 0 aromatic heterocycles. The summed E-state index contributed by atoms with van der Waals surface area (Å²) in [5.41, 5.74) is 3.06. The highest BCUT2D eigenvalue weighted by molar-refractivity contribution is 7.92. The lowest BCUT2D eigenvalue weighted by Gasteiger charge is -2.33. The first-order valence-corrected chi connectivity index (χ1v) is 12.6. The number of hydrogen-bond donors (Lipinski definition) is 2. The molecule has 35 heavy (non-hydrogen) atoms. The van der Waals surface area contributed by atoms with E-state index in [1.165, 1.54) is 6.07 Å². The zero-order valence-electron chi connectivity index (χ0n) is 19.8. The summed E-state index contributed by atoms with van der Waals surface area (Å²) in [6.45, 7) is 4.50. The maximum Gasteiger partial charge on any atom is 0.307 e. The summed E-state index contributed by atoms with van der Waals surface area (Å²) in [6.07, 6.45) is -0.357. The van der Waals surface area contributed by atoms with Crippen molar-refractivity contribution in [1.29, 1.82) is 0 Å². The Morgan fingerprint density at radius 3 is 2.66 bits per heavy atom. The molecular formula is C26H28N2O6S. The van der Waals surface area contributed by atoms with Crippen molar-refractivity contribution in [3.63, 3.8) is 0 Å². The van der Waals surface area contributed by atoms with Crippen LogP contribution in [-0.4, -0.2) is 45.8 Å². The number of carbonyl (C=O) groups is 1. The van der Waals surface area contributed by atoms with Crippen molar-refractivity contribution in [1.82, 2.24) is 0 Å². The molecule has 3 aromatic carbocycles. The first kappa shape index (κ1) is 24.4. The second-order valence-corrected chi connectivity index (χ2v) is 10.3. The Kier molecular flexibility index (Phi) is 6.88. The standard InChI is InChI=1S/C26H28N2O6S/c1-17-12-25(35(31,32)27-20-8-6-7-19(13-20)14-26(29)30)18(2)11-24(17)33-16-21-15-28(3)22-9-4-5-10-23(22)34-21/h4-13,21,27H,14-16H2,1-3H3,(H,29,30)/t21-/m0/s1. The summed E-state index contributed by atoms with van der Waals surface area (Å²) in [5, 5.41) is 8.98. The first-order chi connectivity index (χ1) is 16.6. The van der Waals surface area contributed by atoms with E-state index in [4.69, 9.17) is 14.6 Å². The summed E-state index contributed by atoms with van der Waals surface area (Å²) in [5.74, 6) is 0.416. The van der Waals surface area contributed by atoms with Gasteiger partial charge in [-0.3, -0.25) is 9.52 Å². The number of ether oxygens (including phenoxy) is 2. The Morgan fingerprint density at radius 2 is 1.89 bits per heavy atom. The van der Waals surface area contributed by atoms with Crippen LogP contribution in [-0.2, 0) is 21.2 Å². The number of rotatable bonds is 8. The lowest BCUT2D eigenvalue weighted by atomic mass is 10.1. The molecule has 1 heterocycles. The van der Waals surface area contributed by atoms with Gasteiger partial charge in [0.2, 0.25) is 0 Å². The molecule has 1 aliphatic heterocycles. The van der Waals surface area contributed by atoms with Crippen LogP contribution in [0.2, 0.25) is 0 Å². The number of aliphatic carboxylic acids is 1. The second-order valence-electron chi connectivity index (χ2n) is 8.66. The van der Waals surface area contributed by atoms with E-state index in [0.717, 1.165) is 11.4 Å². The Bertz CT molecular complexity index is 1360. The van der Waals surface area contributed by atoms with Crippen LogP contribution in [0, 0.1) is 13.8 Å². The predicted molar refractivity (Wildman–Crippen MR) is 134 cm³/mol. The fraction of sp³-hybridized carbons (Fsp3) is 0.269. The van der Waals surface area contributed by atoms with Gasteiger partial charge in [-0.25, -0.2) is 8.42 Å². The fourth-order valence-corrected chi connectivity index (χ4v) is 5.46. The molecule has 8 nitrogen and oxygen atoms in total. The molecule has 0 spiro atoms. The SMILES string of the molecule is Cc1cc(S(=O)(=O)Nc2cccc(CC(=O)O)c2)c(C)cc1OC[C@@H]1CN(C)c2ccccc2O1. The van der Waals surface area contributed by atoms with Crippen molar-refractivity contribution in [3.8, 4) is 11.5 Å². The van der Waals surface area contributed by atoms with Gasteiger partial charge in [-0.05, 0) is 66.9 Å². The van der Waals surface area contributed by atoms with Gasteiger partial charge < -0.3 is 19.5 Å². The predicted octanol–water partition coefficient (Wildman–Crippen LogP) is 4.01. The maximum atomic E-state index is 13.1. The minimum atomic E-state index is -3.89. The number of carboxylic acid groups (broad SMARTS) is 1. The number of nitrogens with one attached hydrogen (secondary N) is 1. The van der Waals surface area contributed by atoms with Gasteiger partial charge in [0.05, 0.1) is 23.5 Å². The van der Waals surface area contributed by atoms with Crippen LogP contribution in [0.5, 0.6) is 11.5 Å². The maximum absolute atomic E-state index is 13.1. The number of carboxylic acids is 1. The van der Waals surface area contributed by atoms with E-state index in [2.05, 4.69) is 9.62 Å². The van der Waals surface area contributed by atoms with Gasteiger partial charge in [-0.2, -0.15) is 0 Å². The summed E-state index contributed by atoms with van der Waals surface area (Å²) in [7, 11) is -1.88. The van der Waals surface area contributed by atoms with Crippen LogP contribution < -0.4 is 19.1 Å². The van der Waals surface area contributed by atoms with Crippen LogP contribution in [0.25, 0.3) is 0 Å². The summed E-state index contributed by atoms with van der Waals surface area (Å²) >= 11 is 0. The van der Waals surface area contributed by atoms with E-state index in [0.29, 0.717) is 41.3 Å². The third-order valence-corrected chi connectivity index (χ3v) is 7.29. The molecule has 0 aliphatic carbocycles. The zero-order chi connectivity index (χ0) is 25.2. The molecule has 3 aromatic rings. The molecule has 0 fully saturated rings. The molecular weight excluding hydrogens is 468 g/mol. The van der Waals surface area contributed by atoms with Crippen molar-refractivity contribution in [2.75, 3.05) is 29.8 Å². The normalized spacial score (nSPS) is 15.2. The molecule has 2 N–H and O–H groups in total. The molecule has 0 saturated carbocycles. The molecule has 0 bridgehead atoms. The van der Waals surface area contributed by atoms with Gasteiger partial charge in [0.25, 0.3) is 10.0 Å². The Morgan fingerprint density at radius 1 is 1.11 bits per heavy atom. The summed E-state index contributed by atoms with van der Waals surface area (Å²) < 4.78 is 40.8. The van der Waals surface area contributed by atoms with Gasteiger partial charge >= 0.3 is 5.97 Å². The molecule has 0 radical (unpaired) electrons. The van der Waals surface area contributed by atoms with E-state index >= 15 is 0 Å². The van der Waals surface area contributed by atoms with E-state index in [9.17, 15) is 13.2 Å². The number of benzene rings is 3. The van der Waals surface area contributed by atoms with E-state index in [1.807, 2.05) is 31.3 Å². The smallest absolute Gasteiger partial charge is 0.307 e. The lowest BCUT2D eigenvalue weighted by Crippen LogP contribution is -2.41. The number of anilines is 2. The van der Waals surface area contributed by atoms with Crippen molar-refractivity contribution >= 4 is 27.4 Å². The summed E-state index contributed by atoms with van der Waals surface area (Å²) in [6, 6.07) is 17.5. The molecule has 9 heteroatoms. The van der Waals surface area contributed by atoms with Gasteiger partial charge in [0, 0.05) is 12.7 Å². The number of fused-ring (bicyclic) bond motifs is 1. The van der Waals surface area contributed by atoms with Crippen LogP contribution in [0.4, 0.5) is 11.4 Å². The Labute approximate surface area is 205 Å². The largest absolute Gasteiger partial charge is 0.489 e. The molecule has 0 unspecified atom stereocenters. The number of para-hydroxylation sites is 2. The van der Waals surface area contributed by atoms with Crippen molar-refractivity contribution in [2.24, 2.45) is 0 Å². The van der Waals surface area contributed by atoms with Crippen LogP contribution >= 0.6 is 0 Å². The molecule has 1 atom stereocenters. The number of likely N-dealkylation sites (N-methyl/N-ethyl adjacent to an activating group) is 1. The monoisotopic (exact) mass is 496 g/mol. The lowest BCUT2D eigenvalue weighted by molar-refractivity contribution is -0.136. The molecule has 0 saturated heterocycles. The van der Waals surface area contributed by atoms with Crippen molar-refractivity contribution < 1.29 is 27.8 Å². The van der Waals surface area contributed by atoms with E-state index in [1.54, 1.807) is 44.2 Å². The van der Waals surface area contributed by atoms with Crippen molar-refractivity contribution in [3.05, 3.63) is 77.4 Å². The quantitative estimate of drug-likeness (QED) is 0.486. The van der Waals surface area contributed by atoms with Crippen LogP contribution in [0.1, 0.15) is 16.7 Å². The number of aryl methyl sites for hydroxylation is 2. The average molecular weight is 497 g/mol. The summed E-state index contributed by atoms with van der Waals surface area (Å²) in [4.78, 5) is 13.2. The van der Waals surface area contributed by atoms with E-state index in [-0.39, 0.29) is 17.4 Å². The van der Waals surface area contributed by atoms with Gasteiger partial charge in [0.15, 0.2) is 0 Å². The molecule has 1 aliphatic rings. The number of sulfonamides is 1. The average Bonchev–Trinajstić information content (AvgIpc) is 2.79. The van der Waals surface area contributed by atoms with E-state index < -0.39 is 16.0 Å². The first-order valence-electron chi connectivity index (χ1n) is 11.2. The highest BCUT2D eigenvalue weighted by atomic mass is 32.2. The highest BCUT2D eigenvalue weighted by Crippen LogP contribution is 2.33. The van der Waals surface area contributed by atoms with Crippen LogP contribution in [0.15, 0.2) is 65.6 Å². The van der Waals surface area contributed by atoms with Gasteiger partial charge in [-0.1, -0.05) is 24.3 Å². The van der Waals surface area contributed by atoms with Gasteiger partial charge in [-0.15, -0.1) is 0 Å². The second kappa shape index (κ2) is 9.87. The zero-order valence-corrected chi connectivity index (χ0v) is 20.6. The minimum absolute atomic E-state index is 0.133. The Balaban J connectivity index is 1.47. The molecule has 4 rings (SSSR count). The third-order valence-electron chi connectivity index (χ3n) is 5.77. The topological polar surface area (TPSA) is 105 Å². The highest BCUT2D eigenvalue weighted by Gasteiger charge is 2.25.